The van der Waals surface area contributed by atoms with Crippen molar-refractivity contribution in [3.05, 3.63) is 58.7 Å². The van der Waals surface area contributed by atoms with Crippen molar-refractivity contribution in [3.63, 3.8) is 0 Å². The van der Waals surface area contributed by atoms with Gasteiger partial charge in [0.2, 0.25) is 11.7 Å². The number of benzene rings is 1. The Morgan fingerprint density at radius 1 is 1.26 bits per heavy atom. The van der Waals surface area contributed by atoms with Crippen LogP contribution in [0.3, 0.4) is 0 Å². The van der Waals surface area contributed by atoms with Gasteiger partial charge in [0.1, 0.15) is 5.69 Å². The molecule has 1 aromatic carbocycles. The zero-order valence-corrected chi connectivity index (χ0v) is 17.6. The first kappa shape index (κ1) is 21.1. The maximum Gasteiger partial charge on any atom is 0.228 e. The van der Waals surface area contributed by atoms with Crippen LogP contribution in [0.5, 0.6) is 0 Å². The van der Waals surface area contributed by atoms with Crippen molar-refractivity contribution in [1.29, 1.82) is 0 Å². The molecule has 1 aliphatic heterocycles. The van der Waals surface area contributed by atoms with Crippen molar-refractivity contribution in [2.75, 3.05) is 13.2 Å². The number of ether oxygens (including phenoxy) is 1. The fraction of sp³-hybridized carbons (Fsp3) is 0.400. The highest BCUT2D eigenvalue weighted by molar-refractivity contribution is 5.95. The summed E-state index contributed by atoms with van der Waals surface area (Å²) < 4.78 is 5.49. The predicted molar refractivity (Wildman–Crippen MR) is 118 cm³/mol. The van der Waals surface area contributed by atoms with Gasteiger partial charge in [0, 0.05) is 19.6 Å². The molecule has 1 aliphatic carbocycles. The predicted octanol–water partition coefficient (Wildman–Crippen LogP) is 3.31. The Morgan fingerprint density at radius 2 is 2.06 bits per heavy atom. The summed E-state index contributed by atoms with van der Waals surface area (Å²) in [6, 6.07) is 5.98. The Kier molecular flexibility index (Phi) is 6.06. The summed E-state index contributed by atoms with van der Waals surface area (Å²) in [6.45, 7) is 1.02. The van der Waals surface area contributed by atoms with Gasteiger partial charge in [-0.15, -0.1) is 6.42 Å². The second kappa shape index (κ2) is 8.91. The number of nitrogens with zero attached hydrogens (tertiary/aromatic N) is 1. The molecule has 0 radical (unpaired) electrons. The van der Waals surface area contributed by atoms with Gasteiger partial charge >= 0.3 is 0 Å². The quantitative estimate of drug-likeness (QED) is 0.556. The van der Waals surface area contributed by atoms with Crippen LogP contribution in [0.1, 0.15) is 71.5 Å². The molecule has 0 spiro atoms. The highest BCUT2D eigenvalue weighted by atomic mass is 16.5. The molecule has 160 valence electrons. The van der Waals surface area contributed by atoms with E-state index in [0.717, 1.165) is 36.0 Å². The normalized spacial score (nSPS) is 18.1. The number of primary amides is 1. The van der Waals surface area contributed by atoms with Gasteiger partial charge < -0.3 is 15.5 Å². The molecule has 1 aromatic heterocycles. The number of amides is 1. The van der Waals surface area contributed by atoms with Crippen LogP contribution in [0.15, 0.2) is 30.5 Å². The van der Waals surface area contributed by atoms with Crippen LogP contribution in [-0.4, -0.2) is 34.9 Å². The van der Waals surface area contributed by atoms with E-state index in [0.29, 0.717) is 31.7 Å². The van der Waals surface area contributed by atoms with Gasteiger partial charge in [0.05, 0.1) is 11.6 Å². The number of aromatic nitrogens is 2. The lowest BCUT2D eigenvalue weighted by Gasteiger charge is -2.35. The minimum Gasteiger partial charge on any atom is -0.381 e. The second-order valence-corrected chi connectivity index (χ2v) is 8.30. The van der Waals surface area contributed by atoms with Gasteiger partial charge in [-0.3, -0.25) is 9.59 Å². The summed E-state index contributed by atoms with van der Waals surface area (Å²) >= 11 is 0. The molecule has 0 atom stereocenters. The van der Waals surface area contributed by atoms with Crippen molar-refractivity contribution < 1.29 is 14.3 Å². The van der Waals surface area contributed by atoms with Crippen molar-refractivity contribution in [2.45, 2.75) is 50.4 Å². The summed E-state index contributed by atoms with van der Waals surface area (Å²) in [5.41, 5.74) is 9.73. The van der Waals surface area contributed by atoms with Crippen LogP contribution in [0.25, 0.3) is 5.57 Å². The number of aromatic amines is 1. The van der Waals surface area contributed by atoms with Gasteiger partial charge in [-0.2, -0.15) is 0 Å². The molecule has 1 amide bonds. The Hall–Kier alpha value is -3.17. The number of Topliss-reactive ketones (excluding diaryl/α,β-unsaturated/α-hetero) is 1. The molecule has 0 unspecified atom stereocenters. The number of nitrogens with two attached hydrogens (primary N) is 1. The van der Waals surface area contributed by atoms with E-state index < -0.39 is 5.41 Å². The third-order valence-corrected chi connectivity index (χ3v) is 6.46. The lowest BCUT2D eigenvalue weighted by Crippen LogP contribution is -2.45. The van der Waals surface area contributed by atoms with Crippen LogP contribution < -0.4 is 5.73 Å². The number of imidazole rings is 1. The first-order chi connectivity index (χ1) is 15.0. The highest BCUT2D eigenvalue weighted by Gasteiger charge is 2.40. The van der Waals surface area contributed by atoms with E-state index in [-0.39, 0.29) is 23.9 Å². The Bertz CT molecular complexity index is 1070. The van der Waals surface area contributed by atoms with E-state index in [4.69, 9.17) is 16.9 Å². The number of nitrogens with one attached hydrogen (secondary N) is 1. The van der Waals surface area contributed by atoms with E-state index in [9.17, 15) is 9.59 Å². The number of H-pyrrole nitrogens is 1. The minimum absolute atomic E-state index is 0.123. The number of ketones is 1. The zero-order chi connectivity index (χ0) is 21.8. The van der Waals surface area contributed by atoms with E-state index in [1.54, 1.807) is 0 Å². The fourth-order valence-corrected chi connectivity index (χ4v) is 4.60. The topological polar surface area (TPSA) is 98.1 Å². The highest BCUT2D eigenvalue weighted by Crippen LogP contribution is 2.38. The molecule has 2 heterocycles. The number of rotatable bonds is 6. The van der Waals surface area contributed by atoms with Crippen LogP contribution in [-0.2, 0) is 21.4 Å². The summed E-state index contributed by atoms with van der Waals surface area (Å²) in [6.07, 6.45) is 14.7. The molecular formula is C25H27N3O3. The molecule has 2 aromatic rings. The first-order valence-corrected chi connectivity index (χ1v) is 10.8. The molecule has 6 nitrogen and oxygen atoms in total. The maximum atomic E-state index is 12.9. The molecule has 6 heteroatoms. The van der Waals surface area contributed by atoms with Crippen molar-refractivity contribution in [3.8, 4) is 12.3 Å². The first-order valence-electron chi connectivity index (χ1n) is 10.8. The van der Waals surface area contributed by atoms with Gasteiger partial charge in [-0.25, -0.2) is 4.98 Å². The number of hydrogen-bond acceptors (Lipinski definition) is 4. The second-order valence-electron chi connectivity index (χ2n) is 8.30. The SMILES string of the molecule is C#Cc1cnc(C(=O)Cc2ccc(C3(C(N)=O)CCOCC3)cc2C2=CCCCC2)[nH]1. The van der Waals surface area contributed by atoms with E-state index >= 15 is 0 Å². The largest absolute Gasteiger partial charge is 0.381 e. The number of terminal acetylenes is 1. The van der Waals surface area contributed by atoms with Gasteiger partial charge in [0.15, 0.2) is 5.82 Å². The van der Waals surface area contributed by atoms with E-state index in [2.05, 4.69) is 28.0 Å². The Labute approximate surface area is 182 Å². The van der Waals surface area contributed by atoms with Crippen LogP contribution >= 0.6 is 0 Å². The van der Waals surface area contributed by atoms with Gasteiger partial charge in [-0.05, 0) is 60.8 Å². The Morgan fingerprint density at radius 3 is 2.71 bits per heavy atom. The average Bonchev–Trinajstić information content (AvgIpc) is 3.30. The number of carbonyl (C=O) groups is 2. The standard InChI is InChI=1S/C25H27N3O3/c1-2-20-16-27-23(28-20)22(29)14-18-8-9-19(15-21(18)17-6-4-3-5-7-17)25(24(26)30)10-12-31-13-11-25/h1,6,8-9,15-16H,3-5,7,10-14H2,(H2,26,30)(H,27,28). The number of allylic oxidation sites excluding steroid dienone is 2. The minimum atomic E-state index is -0.729. The van der Waals surface area contributed by atoms with Crippen LogP contribution in [0.2, 0.25) is 0 Å². The van der Waals surface area contributed by atoms with Crippen LogP contribution in [0, 0.1) is 12.3 Å². The molecule has 4 rings (SSSR count). The zero-order valence-electron chi connectivity index (χ0n) is 17.6. The lowest BCUT2D eigenvalue weighted by molar-refractivity contribution is -0.127. The molecule has 1 fully saturated rings. The average molecular weight is 418 g/mol. The maximum absolute atomic E-state index is 12.9. The van der Waals surface area contributed by atoms with E-state index in [1.165, 1.54) is 18.2 Å². The molecule has 3 N–H and O–H groups in total. The molecule has 1 saturated heterocycles. The van der Waals surface area contributed by atoms with Crippen LogP contribution in [0.4, 0.5) is 0 Å². The third kappa shape index (κ3) is 4.19. The monoisotopic (exact) mass is 417 g/mol. The molecule has 2 aliphatic rings. The summed E-state index contributed by atoms with van der Waals surface area (Å²) in [4.78, 5) is 32.4. The molecule has 0 saturated carbocycles. The smallest absolute Gasteiger partial charge is 0.228 e. The van der Waals surface area contributed by atoms with Gasteiger partial charge in [-0.1, -0.05) is 30.2 Å². The third-order valence-electron chi connectivity index (χ3n) is 6.46. The van der Waals surface area contributed by atoms with E-state index in [1.807, 2.05) is 12.1 Å². The fourth-order valence-electron chi connectivity index (χ4n) is 4.60. The summed E-state index contributed by atoms with van der Waals surface area (Å²) in [7, 11) is 0. The molecule has 0 bridgehead atoms. The summed E-state index contributed by atoms with van der Waals surface area (Å²) in [5, 5.41) is 0. The summed E-state index contributed by atoms with van der Waals surface area (Å²) in [5.74, 6) is 2.28. The lowest BCUT2D eigenvalue weighted by atomic mass is 9.72. The number of carbonyl (C=O) groups excluding carboxylic acids is 2. The van der Waals surface area contributed by atoms with Gasteiger partial charge in [0.25, 0.3) is 0 Å². The van der Waals surface area contributed by atoms with Crippen molar-refractivity contribution in [2.24, 2.45) is 5.73 Å². The van der Waals surface area contributed by atoms with Crippen molar-refractivity contribution in [1.82, 2.24) is 9.97 Å². The molecule has 31 heavy (non-hydrogen) atoms. The van der Waals surface area contributed by atoms with Crippen molar-refractivity contribution >= 4 is 17.3 Å². The Balaban J connectivity index is 1.73. The molecular weight excluding hydrogens is 390 g/mol. The number of hydrogen-bond donors (Lipinski definition) is 2.